The second kappa shape index (κ2) is 4.39. The smallest absolute Gasteiger partial charge is 0.328 e. The third-order valence-corrected chi connectivity index (χ3v) is 2.87. The normalized spacial score (nSPS) is 16.9. The molecule has 1 aromatic rings. The molecule has 0 saturated carbocycles. The highest BCUT2D eigenvalue weighted by molar-refractivity contribution is 5.80. The number of methoxy groups -OCH3 is 1. The van der Waals surface area contributed by atoms with Crippen LogP contribution in [0.4, 0.5) is 0 Å². The number of ether oxygens (including phenoxy) is 1. The molecule has 0 bridgehead atoms. The molecule has 84 valence electrons. The lowest BCUT2D eigenvalue weighted by Gasteiger charge is -2.18. The summed E-state index contributed by atoms with van der Waals surface area (Å²) in [6.07, 6.45) is 3.79. The molecule has 0 atom stereocenters. The molecule has 0 fully saturated rings. The quantitative estimate of drug-likeness (QED) is 0.774. The Labute approximate surface area is 94.4 Å². The summed E-state index contributed by atoms with van der Waals surface area (Å²) in [5, 5.41) is 8.70. The van der Waals surface area contributed by atoms with Gasteiger partial charge >= 0.3 is 5.97 Å². The molecule has 0 aromatic heterocycles. The molecule has 1 aliphatic rings. The Bertz CT molecular complexity index is 446. The summed E-state index contributed by atoms with van der Waals surface area (Å²) in [6.45, 7) is 0. The molecule has 0 saturated heterocycles. The highest BCUT2D eigenvalue weighted by Gasteiger charge is 2.14. The van der Waals surface area contributed by atoms with Crippen LogP contribution in [0.15, 0.2) is 29.8 Å². The number of fused-ring (bicyclic) bond motifs is 1. The average molecular weight is 218 g/mol. The van der Waals surface area contributed by atoms with Crippen molar-refractivity contribution in [2.24, 2.45) is 0 Å². The summed E-state index contributed by atoms with van der Waals surface area (Å²) in [5.74, 6) is 0.0105. The number of hydrogen-bond donors (Lipinski definition) is 1. The standard InChI is InChI=1S/C13H14O3/c1-16-12-5-4-10-6-9(7-13(14)15)2-3-11(10)8-12/h4-5,7-8H,2-3,6H2,1H3,(H,14,15). The Kier molecular flexibility index (Phi) is 2.95. The van der Waals surface area contributed by atoms with E-state index in [1.807, 2.05) is 18.2 Å². The number of carbonyl (C=O) groups is 1. The first kappa shape index (κ1) is 10.7. The maximum Gasteiger partial charge on any atom is 0.328 e. The van der Waals surface area contributed by atoms with E-state index in [0.29, 0.717) is 0 Å². The summed E-state index contributed by atoms with van der Waals surface area (Å²) in [7, 11) is 1.65. The van der Waals surface area contributed by atoms with Gasteiger partial charge in [-0.25, -0.2) is 4.79 Å². The van der Waals surface area contributed by atoms with Gasteiger partial charge < -0.3 is 9.84 Å². The van der Waals surface area contributed by atoms with Gasteiger partial charge in [0, 0.05) is 6.08 Å². The molecule has 16 heavy (non-hydrogen) atoms. The van der Waals surface area contributed by atoms with Crippen molar-refractivity contribution in [1.29, 1.82) is 0 Å². The van der Waals surface area contributed by atoms with E-state index in [0.717, 1.165) is 30.6 Å². The number of carboxylic acid groups (broad SMARTS) is 1. The van der Waals surface area contributed by atoms with Crippen LogP contribution in [0.3, 0.4) is 0 Å². The van der Waals surface area contributed by atoms with Gasteiger partial charge in [-0.2, -0.15) is 0 Å². The topological polar surface area (TPSA) is 46.5 Å². The number of aryl methyl sites for hydroxylation is 1. The van der Waals surface area contributed by atoms with Crippen LogP contribution in [-0.4, -0.2) is 18.2 Å². The van der Waals surface area contributed by atoms with E-state index < -0.39 is 5.97 Å². The maximum absolute atomic E-state index is 10.6. The van der Waals surface area contributed by atoms with Crippen molar-refractivity contribution in [2.45, 2.75) is 19.3 Å². The van der Waals surface area contributed by atoms with Gasteiger partial charge in [0.05, 0.1) is 7.11 Å². The van der Waals surface area contributed by atoms with E-state index in [9.17, 15) is 4.79 Å². The van der Waals surface area contributed by atoms with Gasteiger partial charge in [-0.3, -0.25) is 0 Å². The second-order valence-electron chi connectivity index (χ2n) is 3.95. The second-order valence-corrected chi connectivity index (χ2v) is 3.95. The van der Waals surface area contributed by atoms with Crippen molar-refractivity contribution in [1.82, 2.24) is 0 Å². The van der Waals surface area contributed by atoms with E-state index in [4.69, 9.17) is 9.84 Å². The molecule has 1 aromatic carbocycles. The van der Waals surface area contributed by atoms with Crippen LogP contribution in [0, 0.1) is 0 Å². The number of rotatable bonds is 2. The van der Waals surface area contributed by atoms with Crippen molar-refractivity contribution < 1.29 is 14.6 Å². The van der Waals surface area contributed by atoms with Crippen LogP contribution in [0.5, 0.6) is 5.75 Å². The number of aliphatic carboxylic acids is 1. The van der Waals surface area contributed by atoms with Crippen LogP contribution in [0.2, 0.25) is 0 Å². The molecule has 2 rings (SSSR count). The molecule has 0 aliphatic heterocycles. The van der Waals surface area contributed by atoms with E-state index in [1.165, 1.54) is 17.2 Å². The first-order valence-electron chi connectivity index (χ1n) is 5.27. The van der Waals surface area contributed by atoms with E-state index in [-0.39, 0.29) is 0 Å². The molecule has 0 radical (unpaired) electrons. The predicted molar refractivity (Wildman–Crippen MR) is 60.7 cm³/mol. The molecule has 0 spiro atoms. The summed E-state index contributed by atoms with van der Waals surface area (Å²) < 4.78 is 5.16. The van der Waals surface area contributed by atoms with Crippen molar-refractivity contribution >= 4 is 5.97 Å². The summed E-state index contributed by atoms with van der Waals surface area (Å²) >= 11 is 0. The Morgan fingerprint density at radius 1 is 1.38 bits per heavy atom. The zero-order valence-electron chi connectivity index (χ0n) is 9.19. The molecule has 3 nitrogen and oxygen atoms in total. The van der Waals surface area contributed by atoms with Crippen molar-refractivity contribution in [3.63, 3.8) is 0 Å². The van der Waals surface area contributed by atoms with Gasteiger partial charge in [0.25, 0.3) is 0 Å². The Morgan fingerprint density at radius 3 is 2.88 bits per heavy atom. The van der Waals surface area contributed by atoms with Crippen molar-refractivity contribution in [3.8, 4) is 5.75 Å². The fourth-order valence-electron chi connectivity index (χ4n) is 2.06. The number of hydrogen-bond acceptors (Lipinski definition) is 2. The number of allylic oxidation sites excluding steroid dienone is 1. The van der Waals surface area contributed by atoms with Gasteiger partial charge in [0.15, 0.2) is 0 Å². The molecular weight excluding hydrogens is 204 g/mol. The van der Waals surface area contributed by atoms with Crippen molar-refractivity contribution in [3.05, 3.63) is 41.0 Å². The molecule has 0 heterocycles. The lowest BCUT2D eigenvalue weighted by molar-refractivity contribution is -0.131. The summed E-state index contributed by atoms with van der Waals surface area (Å²) in [4.78, 5) is 10.6. The maximum atomic E-state index is 10.6. The monoisotopic (exact) mass is 218 g/mol. The van der Waals surface area contributed by atoms with Crippen LogP contribution in [-0.2, 0) is 17.6 Å². The van der Waals surface area contributed by atoms with Gasteiger partial charge in [-0.15, -0.1) is 0 Å². The average Bonchev–Trinajstić information content (AvgIpc) is 2.27. The minimum Gasteiger partial charge on any atom is -0.497 e. The van der Waals surface area contributed by atoms with Gasteiger partial charge in [0.2, 0.25) is 0 Å². The van der Waals surface area contributed by atoms with Crippen molar-refractivity contribution in [2.75, 3.05) is 7.11 Å². The SMILES string of the molecule is COc1ccc2c(c1)CCC(=CC(=O)O)C2. The van der Waals surface area contributed by atoms with Crippen LogP contribution >= 0.6 is 0 Å². The first-order chi connectivity index (χ1) is 7.69. The molecule has 0 amide bonds. The largest absolute Gasteiger partial charge is 0.497 e. The van der Waals surface area contributed by atoms with Crippen LogP contribution in [0.25, 0.3) is 0 Å². The highest BCUT2D eigenvalue weighted by atomic mass is 16.5. The minimum atomic E-state index is -0.855. The lowest BCUT2D eigenvalue weighted by atomic mass is 9.88. The predicted octanol–water partition coefficient (Wildman–Crippen LogP) is 2.19. The number of benzene rings is 1. The Hall–Kier alpha value is -1.77. The molecule has 3 heteroatoms. The fraction of sp³-hybridized carbons (Fsp3) is 0.308. The zero-order chi connectivity index (χ0) is 11.5. The highest BCUT2D eigenvalue weighted by Crippen LogP contribution is 2.27. The minimum absolute atomic E-state index is 0.742. The molecule has 1 N–H and O–H groups in total. The third-order valence-electron chi connectivity index (χ3n) is 2.87. The van der Waals surface area contributed by atoms with Crippen LogP contribution in [0.1, 0.15) is 17.5 Å². The number of carboxylic acids is 1. The lowest BCUT2D eigenvalue weighted by Crippen LogP contribution is -2.07. The zero-order valence-corrected chi connectivity index (χ0v) is 9.19. The Balaban J connectivity index is 2.25. The fourth-order valence-corrected chi connectivity index (χ4v) is 2.06. The summed E-state index contributed by atoms with van der Waals surface area (Å²) in [6, 6.07) is 5.97. The Morgan fingerprint density at radius 2 is 2.19 bits per heavy atom. The molecular formula is C13H14O3. The van der Waals surface area contributed by atoms with Gasteiger partial charge in [-0.1, -0.05) is 11.6 Å². The van der Waals surface area contributed by atoms with E-state index >= 15 is 0 Å². The molecule has 0 unspecified atom stereocenters. The molecule has 1 aliphatic carbocycles. The van der Waals surface area contributed by atoms with Crippen LogP contribution < -0.4 is 4.74 Å². The van der Waals surface area contributed by atoms with Gasteiger partial charge in [0.1, 0.15) is 5.75 Å². The van der Waals surface area contributed by atoms with Gasteiger partial charge in [-0.05, 0) is 42.5 Å². The first-order valence-corrected chi connectivity index (χ1v) is 5.27. The summed E-state index contributed by atoms with van der Waals surface area (Å²) in [5.41, 5.74) is 3.46. The van der Waals surface area contributed by atoms with E-state index in [2.05, 4.69) is 0 Å². The van der Waals surface area contributed by atoms with E-state index in [1.54, 1.807) is 7.11 Å². The third kappa shape index (κ3) is 2.24.